The number of carboxylic acids is 2. The Morgan fingerprint density at radius 2 is 1.21 bits per heavy atom. The third-order valence-electron chi connectivity index (χ3n) is 8.19. The standard InChI is InChI=1S/C29H42N2O20S/c1-13(32)30-20-16(34)8-28(26(40)41,47-10-15-6-4-3-5-7-15)50-24(20)22(38)18(36)11-48-29(27(42)43)9-17(35)21(31-14(2)33)25(51-29)23(39)19(37)12-49-52(44,45)46/h3-7,16-25,34-39H,8-12H2,1-2H3,(H,30,32)(H,31,33)(H,40,41)(H,42,43)(H,44,45,46)/t16-,17-,18+,19+,20+,21+,22+,23+,24+,25+,28+,29+/m0/s1. The van der Waals surface area contributed by atoms with Gasteiger partial charge in [-0.25, -0.2) is 13.8 Å². The number of ether oxygens (including phenoxy) is 4. The van der Waals surface area contributed by atoms with E-state index in [1.54, 1.807) is 30.3 Å². The molecule has 0 bridgehead atoms. The van der Waals surface area contributed by atoms with E-state index in [0.717, 1.165) is 13.8 Å². The van der Waals surface area contributed by atoms with Crippen LogP contribution in [-0.4, -0.2) is 163 Å². The second kappa shape index (κ2) is 17.6. The fourth-order valence-corrected chi connectivity index (χ4v) is 6.00. The van der Waals surface area contributed by atoms with Crippen molar-refractivity contribution in [3.8, 4) is 0 Å². The number of amides is 2. The molecule has 0 spiro atoms. The second-order valence-electron chi connectivity index (χ2n) is 12.2. The molecule has 0 aliphatic carbocycles. The van der Waals surface area contributed by atoms with Crippen LogP contribution in [-0.2, 0) is 59.3 Å². The van der Waals surface area contributed by atoms with Crippen molar-refractivity contribution in [3.63, 3.8) is 0 Å². The topological polar surface area (TPSA) is 355 Å². The molecule has 2 aliphatic rings. The van der Waals surface area contributed by atoms with Crippen molar-refractivity contribution in [3.05, 3.63) is 35.9 Å². The maximum absolute atomic E-state index is 12.5. The van der Waals surface area contributed by atoms with E-state index in [4.69, 9.17) is 23.5 Å². The molecule has 1 aromatic carbocycles. The summed E-state index contributed by atoms with van der Waals surface area (Å²) >= 11 is 0. The minimum Gasteiger partial charge on any atom is -0.477 e. The first-order chi connectivity index (χ1) is 24.1. The minimum atomic E-state index is -5.13. The van der Waals surface area contributed by atoms with Crippen molar-refractivity contribution in [1.82, 2.24) is 10.6 Å². The molecule has 52 heavy (non-hydrogen) atoms. The number of aliphatic carboxylic acids is 2. The Kier molecular flexibility index (Phi) is 14.5. The van der Waals surface area contributed by atoms with Crippen LogP contribution in [0.4, 0.5) is 0 Å². The Morgan fingerprint density at radius 3 is 1.62 bits per heavy atom. The second-order valence-corrected chi connectivity index (χ2v) is 13.3. The summed E-state index contributed by atoms with van der Waals surface area (Å²) in [6.07, 6.45) is -18.7. The van der Waals surface area contributed by atoms with Crippen molar-refractivity contribution in [2.24, 2.45) is 0 Å². The Morgan fingerprint density at radius 1 is 0.788 bits per heavy atom. The van der Waals surface area contributed by atoms with Gasteiger partial charge in [-0.15, -0.1) is 0 Å². The summed E-state index contributed by atoms with van der Waals surface area (Å²) in [5.41, 5.74) is 0.493. The van der Waals surface area contributed by atoms with E-state index in [9.17, 15) is 68.4 Å². The van der Waals surface area contributed by atoms with Crippen LogP contribution >= 0.6 is 0 Å². The van der Waals surface area contributed by atoms with Crippen LogP contribution in [0.25, 0.3) is 0 Å². The zero-order chi connectivity index (χ0) is 39.2. The van der Waals surface area contributed by atoms with Gasteiger partial charge in [-0.05, 0) is 5.56 Å². The molecule has 294 valence electrons. The molecule has 0 saturated carbocycles. The quantitative estimate of drug-likeness (QED) is 0.0663. The van der Waals surface area contributed by atoms with Gasteiger partial charge in [0.05, 0.1) is 44.1 Å². The number of carbonyl (C=O) groups excluding carboxylic acids is 2. The highest BCUT2D eigenvalue weighted by Gasteiger charge is 2.58. The summed E-state index contributed by atoms with van der Waals surface area (Å²) in [5, 5.41) is 89.8. The molecule has 3 rings (SSSR count). The van der Waals surface area contributed by atoms with Crippen LogP contribution in [0.3, 0.4) is 0 Å². The van der Waals surface area contributed by atoms with Gasteiger partial charge in [0.25, 0.3) is 11.6 Å². The molecule has 0 aromatic heterocycles. The zero-order valence-corrected chi connectivity index (χ0v) is 28.4. The van der Waals surface area contributed by atoms with Crippen LogP contribution < -0.4 is 10.6 Å². The maximum atomic E-state index is 12.5. The van der Waals surface area contributed by atoms with Gasteiger partial charge in [0.15, 0.2) is 0 Å². The normalized spacial score (nSPS) is 31.8. The van der Waals surface area contributed by atoms with Crippen molar-refractivity contribution >= 4 is 34.2 Å². The Bertz CT molecular complexity index is 1520. The van der Waals surface area contributed by atoms with Crippen molar-refractivity contribution in [2.75, 3.05) is 13.2 Å². The van der Waals surface area contributed by atoms with E-state index in [-0.39, 0.29) is 6.61 Å². The van der Waals surface area contributed by atoms with Crippen LogP contribution in [0.5, 0.6) is 0 Å². The van der Waals surface area contributed by atoms with E-state index in [1.165, 1.54) is 0 Å². The molecule has 2 saturated heterocycles. The van der Waals surface area contributed by atoms with E-state index in [0.29, 0.717) is 5.56 Å². The Balaban J connectivity index is 1.88. The molecule has 0 unspecified atom stereocenters. The van der Waals surface area contributed by atoms with E-state index < -0.39 is 133 Å². The van der Waals surface area contributed by atoms with E-state index in [2.05, 4.69) is 14.8 Å². The largest absolute Gasteiger partial charge is 0.477 e. The van der Waals surface area contributed by atoms with E-state index >= 15 is 0 Å². The van der Waals surface area contributed by atoms with Crippen molar-refractivity contribution in [2.45, 2.75) is 106 Å². The molecule has 2 amide bonds. The van der Waals surface area contributed by atoms with Crippen LogP contribution in [0.2, 0.25) is 0 Å². The van der Waals surface area contributed by atoms with Crippen molar-refractivity contribution in [1.29, 1.82) is 0 Å². The van der Waals surface area contributed by atoms with Crippen LogP contribution in [0.1, 0.15) is 32.3 Å². The highest BCUT2D eigenvalue weighted by atomic mass is 32.3. The average Bonchev–Trinajstić information content (AvgIpc) is 3.06. The van der Waals surface area contributed by atoms with Gasteiger partial charge in [-0.1, -0.05) is 30.3 Å². The first-order valence-corrected chi connectivity index (χ1v) is 16.9. The predicted octanol–water partition coefficient (Wildman–Crippen LogP) is -4.65. The van der Waals surface area contributed by atoms with Crippen LogP contribution in [0.15, 0.2) is 30.3 Å². The van der Waals surface area contributed by atoms with Gasteiger partial charge in [0.2, 0.25) is 11.8 Å². The number of nitrogens with one attached hydrogen (secondary N) is 2. The monoisotopic (exact) mass is 770 g/mol. The van der Waals surface area contributed by atoms with E-state index in [1.807, 2.05) is 0 Å². The van der Waals surface area contributed by atoms with Gasteiger partial charge in [0.1, 0.15) is 36.6 Å². The number of hydrogen-bond acceptors (Lipinski definition) is 17. The fourth-order valence-electron chi connectivity index (χ4n) is 5.69. The Labute approximate surface area is 295 Å². The molecule has 23 heteroatoms. The molecule has 0 radical (unpaired) electrons. The maximum Gasteiger partial charge on any atom is 0.397 e. The predicted molar refractivity (Wildman–Crippen MR) is 166 cm³/mol. The summed E-state index contributed by atoms with van der Waals surface area (Å²) in [5.74, 6) is -11.0. The lowest BCUT2D eigenvalue weighted by Crippen LogP contribution is -2.69. The first-order valence-electron chi connectivity index (χ1n) is 15.5. The summed E-state index contributed by atoms with van der Waals surface area (Å²) in [6, 6.07) is 4.92. The average molecular weight is 771 g/mol. The van der Waals surface area contributed by atoms with Gasteiger partial charge in [-0.3, -0.25) is 14.1 Å². The third kappa shape index (κ3) is 10.8. The zero-order valence-electron chi connectivity index (χ0n) is 27.6. The molecule has 11 N–H and O–H groups in total. The molecular weight excluding hydrogens is 728 g/mol. The van der Waals surface area contributed by atoms with Gasteiger partial charge in [0, 0.05) is 26.7 Å². The number of carboxylic acid groups (broad SMARTS) is 2. The summed E-state index contributed by atoms with van der Waals surface area (Å²) in [6.45, 7) is -0.872. The number of carbonyl (C=O) groups is 4. The first kappa shape index (κ1) is 43.0. The SMILES string of the molecule is CC(=O)N[C@H]1[C@H]([C@H](O)[C@H](O)CO[C@]2(C(=O)O)C[C@H](O)[C@@H](NC(C)=O)[C@H]([C@H](O)[C@H](O)COS(=O)(=O)O)O2)O[C@@](OCc2ccccc2)(C(=O)O)C[C@@H]1O. The molecule has 1 aromatic rings. The smallest absolute Gasteiger partial charge is 0.397 e. The molecule has 2 heterocycles. The van der Waals surface area contributed by atoms with Crippen LogP contribution in [0, 0.1) is 0 Å². The highest BCUT2D eigenvalue weighted by Crippen LogP contribution is 2.36. The molecular formula is C29H42N2O20S. The lowest BCUT2D eigenvalue weighted by atomic mass is 9.88. The Hall–Kier alpha value is -3.43. The number of benzene rings is 1. The molecule has 22 nitrogen and oxygen atoms in total. The number of aliphatic hydroxyl groups is 6. The number of rotatable bonds is 17. The highest BCUT2D eigenvalue weighted by molar-refractivity contribution is 7.80. The summed E-state index contributed by atoms with van der Waals surface area (Å²) in [4.78, 5) is 48.8. The number of hydrogen-bond donors (Lipinski definition) is 11. The fraction of sp³-hybridized carbons (Fsp3) is 0.655. The minimum absolute atomic E-state index is 0.358. The molecule has 2 fully saturated rings. The number of aliphatic hydroxyl groups excluding tert-OH is 6. The third-order valence-corrected chi connectivity index (χ3v) is 8.62. The van der Waals surface area contributed by atoms with Gasteiger partial charge < -0.3 is 70.4 Å². The lowest BCUT2D eigenvalue weighted by molar-refractivity contribution is -0.326. The molecule has 12 atom stereocenters. The summed E-state index contributed by atoms with van der Waals surface area (Å²) < 4.78 is 56.7. The van der Waals surface area contributed by atoms with Crippen molar-refractivity contribution < 1.29 is 96.1 Å². The van der Waals surface area contributed by atoms with Gasteiger partial charge in [-0.2, -0.15) is 8.42 Å². The lowest BCUT2D eigenvalue weighted by Gasteiger charge is -2.47. The summed E-state index contributed by atoms with van der Waals surface area (Å²) in [7, 11) is -5.13. The van der Waals surface area contributed by atoms with Gasteiger partial charge >= 0.3 is 22.3 Å². The molecule has 2 aliphatic heterocycles.